The summed E-state index contributed by atoms with van der Waals surface area (Å²) < 4.78 is 1.84. The average Bonchev–Trinajstić information content (AvgIpc) is 3.50. The van der Waals surface area contributed by atoms with Gasteiger partial charge in [0.05, 0.1) is 27.6 Å². The zero-order chi connectivity index (χ0) is 26.6. The number of para-hydroxylation sites is 1. The lowest BCUT2D eigenvalue weighted by atomic mass is 10.1. The van der Waals surface area contributed by atoms with Crippen molar-refractivity contribution in [2.24, 2.45) is 4.99 Å². The zero-order valence-corrected chi connectivity index (χ0v) is 20.6. The van der Waals surface area contributed by atoms with Gasteiger partial charge in [-0.1, -0.05) is 30.3 Å². The molecule has 0 atom stereocenters. The summed E-state index contributed by atoms with van der Waals surface area (Å²) in [5.41, 5.74) is 3.07. The second-order valence-electron chi connectivity index (χ2n) is 8.31. The van der Waals surface area contributed by atoms with Gasteiger partial charge in [0.25, 0.3) is 11.6 Å². The van der Waals surface area contributed by atoms with Crippen LogP contribution in [0.1, 0.15) is 21.6 Å². The van der Waals surface area contributed by atoms with E-state index in [1.54, 1.807) is 35.2 Å². The number of amides is 1. The molecule has 1 aliphatic heterocycles. The number of aliphatic imine (C=N–C) groups is 1. The molecule has 0 radical (unpaired) electrons. The summed E-state index contributed by atoms with van der Waals surface area (Å²) in [5.74, 6) is -1.25. The molecule has 3 aromatic carbocycles. The summed E-state index contributed by atoms with van der Waals surface area (Å²) in [6, 6.07) is 25.5. The van der Waals surface area contributed by atoms with Gasteiger partial charge in [-0.25, -0.2) is 9.79 Å². The van der Waals surface area contributed by atoms with Crippen molar-refractivity contribution in [1.82, 2.24) is 9.47 Å². The van der Waals surface area contributed by atoms with Gasteiger partial charge in [-0.15, -0.1) is 0 Å². The summed E-state index contributed by atoms with van der Waals surface area (Å²) in [4.78, 5) is 42.1. The Morgan fingerprint density at radius 3 is 2.34 bits per heavy atom. The molecule has 1 saturated heterocycles. The van der Waals surface area contributed by atoms with E-state index in [4.69, 9.17) is 4.99 Å². The summed E-state index contributed by atoms with van der Waals surface area (Å²) in [6.07, 6.45) is 3.58. The number of rotatable bonds is 7. The summed E-state index contributed by atoms with van der Waals surface area (Å²) >= 11 is 1.25. The number of thioether (sulfide) groups is 1. The molecule has 0 aliphatic carbocycles. The number of hydrogen-bond acceptors (Lipinski definition) is 6. The Labute approximate surface area is 221 Å². The first-order valence-electron chi connectivity index (χ1n) is 11.5. The number of nitrogens with zero attached hydrogens (tertiary/aromatic N) is 4. The maximum absolute atomic E-state index is 13.6. The van der Waals surface area contributed by atoms with Gasteiger partial charge in [-0.3, -0.25) is 19.8 Å². The molecule has 0 unspecified atom stereocenters. The molecule has 0 spiro atoms. The van der Waals surface area contributed by atoms with Crippen molar-refractivity contribution < 1.29 is 19.6 Å². The minimum atomic E-state index is -1.02. The number of benzene rings is 3. The number of hydrogen-bond donors (Lipinski definition) is 1. The van der Waals surface area contributed by atoms with E-state index in [9.17, 15) is 24.8 Å². The standard InChI is InChI=1S/C28H20N4O5S/c33-26-25(17-24-7-4-16-30(24)22-12-14-23(15-13-22)32(36)37)38-28(29-21-5-2-1-3-6-21)31(26)18-19-8-10-20(11-9-19)27(34)35/h1-17H,18H2,(H,34,35). The Balaban J connectivity index is 1.48. The monoisotopic (exact) mass is 524 g/mol. The van der Waals surface area contributed by atoms with Gasteiger partial charge in [0, 0.05) is 29.7 Å². The van der Waals surface area contributed by atoms with Crippen molar-refractivity contribution in [2.75, 3.05) is 0 Å². The summed E-state index contributed by atoms with van der Waals surface area (Å²) in [6.45, 7) is 0.220. The van der Waals surface area contributed by atoms with Gasteiger partial charge in [0.15, 0.2) is 5.17 Å². The molecule has 9 nitrogen and oxygen atoms in total. The maximum atomic E-state index is 13.6. The first kappa shape index (κ1) is 24.7. The molecule has 0 bridgehead atoms. The van der Waals surface area contributed by atoms with Gasteiger partial charge < -0.3 is 9.67 Å². The number of amidine groups is 1. The van der Waals surface area contributed by atoms with Gasteiger partial charge >= 0.3 is 5.97 Å². The Morgan fingerprint density at radius 1 is 0.974 bits per heavy atom. The van der Waals surface area contributed by atoms with E-state index in [0.717, 1.165) is 16.9 Å². The molecule has 188 valence electrons. The molecule has 38 heavy (non-hydrogen) atoms. The molecule has 1 N–H and O–H groups in total. The molecular formula is C28H20N4O5S. The quantitative estimate of drug-likeness (QED) is 0.183. The minimum Gasteiger partial charge on any atom is -0.478 e. The molecule has 1 aromatic heterocycles. The largest absolute Gasteiger partial charge is 0.478 e. The fourth-order valence-electron chi connectivity index (χ4n) is 3.90. The first-order valence-corrected chi connectivity index (χ1v) is 12.3. The normalized spacial score (nSPS) is 15.4. The molecule has 2 heterocycles. The van der Waals surface area contributed by atoms with Crippen LogP contribution < -0.4 is 0 Å². The average molecular weight is 525 g/mol. The smallest absolute Gasteiger partial charge is 0.335 e. The number of carbonyl (C=O) groups excluding carboxylic acids is 1. The van der Waals surface area contributed by atoms with Crippen molar-refractivity contribution in [3.63, 3.8) is 0 Å². The molecule has 1 fully saturated rings. The van der Waals surface area contributed by atoms with Gasteiger partial charge in [0.1, 0.15) is 0 Å². The highest BCUT2D eigenvalue weighted by Crippen LogP contribution is 2.35. The van der Waals surface area contributed by atoms with Gasteiger partial charge in [-0.05, 0) is 71.9 Å². The Kier molecular flexibility index (Phi) is 6.88. The van der Waals surface area contributed by atoms with E-state index < -0.39 is 10.9 Å². The third kappa shape index (κ3) is 5.25. The third-order valence-electron chi connectivity index (χ3n) is 5.81. The van der Waals surface area contributed by atoms with Crippen LogP contribution in [0.3, 0.4) is 0 Å². The highest BCUT2D eigenvalue weighted by Gasteiger charge is 2.33. The Bertz CT molecular complexity index is 1580. The highest BCUT2D eigenvalue weighted by atomic mass is 32.2. The van der Waals surface area contributed by atoms with Crippen LogP contribution in [0.4, 0.5) is 11.4 Å². The molecule has 0 saturated carbocycles. The molecular weight excluding hydrogens is 504 g/mol. The third-order valence-corrected chi connectivity index (χ3v) is 6.82. The summed E-state index contributed by atoms with van der Waals surface area (Å²) in [5, 5.41) is 20.7. The Hall–Kier alpha value is -4.96. The predicted molar refractivity (Wildman–Crippen MR) is 145 cm³/mol. The lowest BCUT2D eigenvalue weighted by Crippen LogP contribution is -2.28. The van der Waals surface area contributed by atoms with Crippen molar-refractivity contribution in [3.05, 3.63) is 129 Å². The number of nitro groups is 1. The topological polar surface area (TPSA) is 118 Å². The number of carbonyl (C=O) groups is 2. The Morgan fingerprint density at radius 2 is 1.68 bits per heavy atom. The minimum absolute atomic E-state index is 0.00358. The van der Waals surface area contributed by atoms with E-state index in [-0.39, 0.29) is 23.7 Å². The van der Waals surface area contributed by atoms with Gasteiger partial charge in [-0.2, -0.15) is 0 Å². The van der Waals surface area contributed by atoms with Crippen molar-refractivity contribution in [3.8, 4) is 5.69 Å². The number of nitro benzene ring substituents is 1. The second kappa shape index (κ2) is 10.6. The van der Waals surface area contributed by atoms with E-state index in [1.807, 2.05) is 53.2 Å². The van der Waals surface area contributed by atoms with Crippen molar-refractivity contribution >= 4 is 46.3 Å². The second-order valence-corrected chi connectivity index (χ2v) is 9.32. The van der Waals surface area contributed by atoms with E-state index in [2.05, 4.69) is 0 Å². The van der Waals surface area contributed by atoms with Crippen LogP contribution in [0.25, 0.3) is 11.8 Å². The predicted octanol–water partition coefficient (Wildman–Crippen LogP) is 5.89. The molecule has 5 rings (SSSR count). The van der Waals surface area contributed by atoms with E-state index in [0.29, 0.717) is 15.8 Å². The van der Waals surface area contributed by atoms with Crippen LogP contribution in [0.5, 0.6) is 0 Å². The fraction of sp³-hybridized carbons (Fsp3) is 0.0357. The number of non-ortho nitro benzene ring substituents is 1. The maximum Gasteiger partial charge on any atom is 0.335 e. The molecule has 4 aromatic rings. The number of aromatic carboxylic acids is 1. The van der Waals surface area contributed by atoms with Crippen molar-refractivity contribution in [1.29, 1.82) is 0 Å². The number of aromatic nitrogens is 1. The molecule has 1 amide bonds. The first-order chi connectivity index (χ1) is 18.4. The lowest BCUT2D eigenvalue weighted by molar-refractivity contribution is -0.384. The SMILES string of the molecule is O=C(O)c1ccc(CN2C(=O)C(=Cc3cccn3-c3ccc([N+](=O)[O-])cc3)SC2=Nc2ccccc2)cc1. The van der Waals surface area contributed by atoms with Crippen LogP contribution >= 0.6 is 11.8 Å². The van der Waals surface area contributed by atoms with E-state index >= 15 is 0 Å². The van der Waals surface area contributed by atoms with E-state index in [1.165, 1.54) is 36.0 Å². The highest BCUT2D eigenvalue weighted by molar-refractivity contribution is 8.18. The number of carboxylic acid groups (broad SMARTS) is 1. The van der Waals surface area contributed by atoms with Crippen LogP contribution in [0.2, 0.25) is 0 Å². The van der Waals surface area contributed by atoms with Crippen LogP contribution in [0, 0.1) is 10.1 Å². The summed E-state index contributed by atoms with van der Waals surface area (Å²) in [7, 11) is 0. The fourth-order valence-corrected chi connectivity index (χ4v) is 4.88. The van der Waals surface area contributed by atoms with Crippen LogP contribution in [-0.2, 0) is 11.3 Å². The molecule has 10 heteroatoms. The number of carboxylic acids is 1. The van der Waals surface area contributed by atoms with Crippen molar-refractivity contribution in [2.45, 2.75) is 6.54 Å². The zero-order valence-electron chi connectivity index (χ0n) is 19.8. The van der Waals surface area contributed by atoms with Crippen LogP contribution in [0.15, 0.2) is 107 Å². The van der Waals surface area contributed by atoms with Crippen LogP contribution in [-0.4, -0.2) is 36.5 Å². The van der Waals surface area contributed by atoms with Gasteiger partial charge in [0.2, 0.25) is 0 Å². The lowest BCUT2D eigenvalue weighted by Gasteiger charge is -2.16. The molecule has 1 aliphatic rings.